The Bertz CT molecular complexity index is 3490. The Balaban J connectivity index is 1.05. The molecule has 1 aliphatic rings. The van der Waals surface area contributed by atoms with Crippen LogP contribution in [0.2, 0.25) is 0 Å². The molecule has 0 fully saturated rings. The fourth-order valence-corrected chi connectivity index (χ4v) is 10.2. The number of hydrogen-bond acceptors (Lipinski definition) is 2. The third-order valence-electron chi connectivity index (χ3n) is 13.1. The Kier molecular flexibility index (Phi) is 8.20. The van der Waals surface area contributed by atoms with Gasteiger partial charge in [0.1, 0.15) is 0 Å². The van der Waals surface area contributed by atoms with E-state index in [0.717, 1.165) is 45.3 Å². The Morgan fingerprint density at radius 1 is 0.355 bits per heavy atom. The van der Waals surface area contributed by atoms with Gasteiger partial charge in [0.2, 0.25) is 0 Å². The molecule has 0 saturated heterocycles. The molecule has 1 aliphatic carbocycles. The van der Waals surface area contributed by atoms with Gasteiger partial charge in [-0.05, 0) is 135 Å². The monoisotopic (exact) mass is 793 g/mol. The van der Waals surface area contributed by atoms with Crippen LogP contribution in [-0.4, -0.2) is 4.57 Å². The zero-order valence-electron chi connectivity index (χ0n) is 34.7. The molecule has 0 radical (unpaired) electrons. The number of benzene rings is 10. The van der Waals surface area contributed by atoms with Crippen molar-refractivity contribution >= 4 is 77.5 Å². The van der Waals surface area contributed by atoms with E-state index in [1.54, 1.807) is 0 Å². The molecular formula is C59H43N3. The third-order valence-corrected chi connectivity index (χ3v) is 13.1. The molecule has 0 bridgehead atoms. The van der Waals surface area contributed by atoms with Gasteiger partial charge in [0.15, 0.2) is 0 Å². The van der Waals surface area contributed by atoms with Crippen LogP contribution in [0.4, 0.5) is 34.1 Å². The molecule has 0 saturated carbocycles. The Morgan fingerprint density at radius 3 is 1.69 bits per heavy atom. The Morgan fingerprint density at radius 2 is 0.919 bits per heavy atom. The van der Waals surface area contributed by atoms with Gasteiger partial charge in [-0.25, -0.2) is 0 Å². The quantitative estimate of drug-likeness (QED) is 0.149. The standard InChI is InChI=1S/C59H43N3/c1-59(2)54-35-34-47(38-53(54)52-36-41-33-32-40-18-12-13-27-48(40)51(41)39-55(52)59)60(42-19-6-3-7-20-42)45-25-16-26-46(37-45)61(43-21-8-4-9-22-43)57-31-17-29-50-49-28-14-15-30-56(49)62(58(50)57)44-23-10-5-11-24-44/h3-39H,1-2H3. The highest BCUT2D eigenvalue weighted by Crippen LogP contribution is 2.53. The summed E-state index contributed by atoms with van der Waals surface area (Å²) in [4.78, 5) is 4.83. The minimum atomic E-state index is -0.148. The van der Waals surface area contributed by atoms with E-state index < -0.39 is 0 Å². The van der Waals surface area contributed by atoms with Gasteiger partial charge in [0, 0.05) is 50.3 Å². The molecule has 62 heavy (non-hydrogen) atoms. The fraction of sp³-hybridized carbons (Fsp3) is 0.0508. The topological polar surface area (TPSA) is 11.4 Å². The third kappa shape index (κ3) is 5.59. The molecule has 10 aromatic carbocycles. The lowest BCUT2D eigenvalue weighted by Crippen LogP contribution is -2.16. The molecule has 0 N–H and O–H groups in total. The Labute approximate surface area is 362 Å². The van der Waals surface area contributed by atoms with Crippen LogP contribution in [0.3, 0.4) is 0 Å². The van der Waals surface area contributed by atoms with Crippen molar-refractivity contribution in [3.05, 3.63) is 236 Å². The summed E-state index contributed by atoms with van der Waals surface area (Å²) in [5.41, 5.74) is 15.2. The lowest BCUT2D eigenvalue weighted by molar-refractivity contribution is 0.661. The predicted molar refractivity (Wildman–Crippen MR) is 263 cm³/mol. The lowest BCUT2D eigenvalue weighted by atomic mass is 9.81. The average molecular weight is 794 g/mol. The number of anilines is 6. The van der Waals surface area contributed by atoms with Gasteiger partial charge in [-0.1, -0.05) is 147 Å². The number of rotatable bonds is 7. The summed E-state index contributed by atoms with van der Waals surface area (Å²) in [5.74, 6) is 0. The van der Waals surface area contributed by atoms with Crippen molar-refractivity contribution in [3.8, 4) is 16.8 Å². The van der Waals surface area contributed by atoms with E-state index in [-0.39, 0.29) is 5.41 Å². The maximum Gasteiger partial charge on any atom is 0.0782 e. The van der Waals surface area contributed by atoms with E-state index in [1.807, 2.05) is 0 Å². The summed E-state index contributed by atoms with van der Waals surface area (Å²) in [6, 6.07) is 82.1. The van der Waals surface area contributed by atoms with Crippen LogP contribution in [0.1, 0.15) is 25.0 Å². The zero-order valence-corrected chi connectivity index (χ0v) is 34.7. The number of para-hydroxylation sites is 5. The molecule has 294 valence electrons. The lowest BCUT2D eigenvalue weighted by Gasteiger charge is -2.30. The van der Waals surface area contributed by atoms with Crippen molar-refractivity contribution in [3.63, 3.8) is 0 Å². The van der Waals surface area contributed by atoms with Gasteiger partial charge in [-0.15, -0.1) is 0 Å². The molecule has 0 aliphatic heterocycles. The first-order chi connectivity index (χ1) is 30.5. The predicted octanol–water partition coefficient (Wildman–Crippen LogP) is 16.3. The van der Waals surface area contributed by atoms with E-state index in [2.05, 4.69) is 253 Å². The molecule has 0 spiro atoms. The summed E-state index contributed by atoms with van der Waals surface area (Å²) in [6.45, 7) is 4.76. The molecule has 12 rings (SSSR count). The van der Waals surface area contributed by atoms with E-state index >= 15 is 0 Å². The van der Waals surface area contributed by atoms with E-state index in [1.165, 1.54) is 60.1 Å². The normalized spacial score (nSPS) is 12.8. The number of fused-ring (bicyclic) bond motifs is 9. The van der Waals surface area contributed by atoms with Crippen molar-refractivity contribution < 1.29 is 0 Å². The minimum absolute atomic E-state index is 0.148. The molecule has 0 unspecified atom stereocenters. The number of nitrogens with zero attached hydrogens (tertiary/aromatic N) is 3. The van der Waals surface area contributed by atoms with Gasteiger partial charge in [-0.2, -0.15) is 0 Å². The second-order valence-corrected chi connectivity index (χ2v) is 17.0. The highest BCUT2D eigenvalue weighted by Gasteiger charge is 2.36. The largest absolute Gasteiger partial charge is 0.310 e. The molecule has 1 heterocycles. The molecule has 0 atom stereocenters. The minimum Gasteiger partial charge on any atom is -0.310 e. The van der Waals surface area contributed by atoms with Crippen LogP contribution in [0.5, 0.6) is 0 Å². The second-order valence-electron chi connectivity index (χ2n) is 17.0. The van der Waals surface area contributed by atoms with E-state index in [4.69, 9.17) is 0 Å². The van der Waals surface area contributed by atoms with Crippen LogP contribution in [0.25, 0.3) is 60.2 Å². The van der Waals surface area contributed by atoms with Crippen molar-refractivity contribution in [1.29, 1.82) is 0 Å². The smallest absolute Gasteiger partial charge is 0.0782 e. The van der Waals surface area contributed by atoms with Crippen molar-refractivity contribution in [1.82, 2.24) is 4.57 Å². The SMILES string of the molecule is CC1(C)c2ccc(N(c3ccccc3)c3cccc(N(c4ccccc4)c4cccc5c6ccccc6n(-c6ccccc6)c45)c3)cc2-c2cc3ccc4ccccc4c3cc21. The first-order valence-corrected chi connectivity index (χ1v) is 21.5. The van der Waals surface area contributed by atoms with Crippen LogP contribution < -0.4 is 9.80 Å². The van der Waals surface area contributed by atoms with Gasteiger partial charge in [0.05, 0.1) is 16.7 Å². The van der Waals surface area contributed by atoms with Crippen molar-refractivity contribution in [2.45, 2.75) is 19.3 Å². The van der Waals surface area contributed by atoms with Crippen molar-refractivity contribution in [2.75, 3.05) is 9.80 Å². The molecule has 3 heteroatoms. The summed E-state index contributed by atoms with van der Waals surface area (Å²) in [6.07, 6.45) is 0. The van der Waals surface area contributed by atoms with E-state index in [0.29, 0.717) is 0 Å². The summed E-state index contributed by atoms with van der Waals surface area (Å²) < 4.78 is 2.42. The number of aromatic nitrogens is 1. The first-order valence-electron chi connectivity index (χ1n) is 21.5. The maximum atomic E-state index is 2.46. The fourth-order valence-electron chi connectivity index (χ4n) is 10.2. The van der Waals surface area contributed by atoms with Gasteiger partial charge in [-0.3, -0.25) is 0 Å². The average Bonchev–Trinajstić information content (AvgIpc) is 3.78. The van der Waals surface area contributed by atoms with Gasteiger partial charge < -0.3 is 14.4 Å². The second kappa shape index (κ2) is 14.1. The molecule has 0 amide bonds. The van der Waals surface area contributed by atoms with Gasteiger partial charge >= 0.3 is 0 Å². The summed E-state index contributed by atoms with van der Waals surface area (Å²) >= 11 is 0. The highest BCUT2D eigenvalue weighted by atomic mass is 15.2. The molecule has 1 aromatic heterocycles. The Hall–Kier alpha value is -7.88. The summed E-state index contributed by atoms with van der Waals surface area (Å²) in [5, 5.41) is 7.61. The highest BCUT2D eigenvalue weighted by molar-refractivity contribution is 6.14. The maximum absolute atomic E-state index is 2.46. The summed E-state index contributed by atoms with van der Waals surface area (Å²) in [7, 11) is 0. The van der Waals surface area contributed by atoms with Gasteiger partial charge in [0.25, 0.3) is 0 Å². The molecular weight excluding hydrogens is 751 g/mol. The molecule has 3 nitrogen and oxygen atoms in total. The number of hydrogen-bond donors (Lipinski definition) is 0. The van der Waals surface area contributed by atoms with Crippen molar-refractivity contribution in [2.24, 2.45) is 0 Å². The van der Waals surface area contributed by atoms with Crippen LogP contribution in [0.15, 0.2) is 224 Å². The van der Waals surface area contributed by atoms with Crippen LogP contribution >= 0.6 is 0 Å². The first kappa shape index (κ1) is 36.0. The van der Waals surface area contributed by atoms with Crippen LogP contribution in [0, 0.1) is 0 Å². The molecule has 11 aromatic rings. The zero-order chi connectivity index (χ0) is 41.4. The van der Waals surface area contributed by atoms with Crippen LogP contribution in [-0.2, 0) is 5.41 Å². The van der Waals surface area contributed by atoms with E-state index in [9.17, 15) is 0 Å².